The maximum atomic E-state index is 4.43. The Balaban J connectivity index is 2.07. The number of rotatable bonds is 1. The van der Waals surface area contributed by atoms with E-state index in [1.54, 1.807) is 4.68 Å². The molecule has 96 valence electrons. The third-order valence-corrected chi connectivity index (χ3v) is 3.17. The lowest BCUT2D eigenvalue weighted by Gasteiger charge is -2.17. The van der Waals surface area contributed by atoms with Crippen LogP contribution in [-0.4, -0.2) is 19.7 Å². The number of para-hydroxylation sites is 1. The van der Waals surface area contributed by atoms with Crippen LogP contribution in [0.25, 0.3) is 16.9 Å². The molecule has 0 spiro atoms. The molecule has 0 bridgehead atoms. The van der Waals surface area contributed by atoms with E-state index in [0.717, 1.165) is 16.5 Å². The molecule has 0 fully saturated rings. The Bertz CT molecular complexity index is 705. The van der Waals surface area contributed by atoms with Gasteiger partial charge in [0.25, 0.3) is 5.95 Å². The molecule has 0 aliphatic heterocycles. The van der Waals surface area contributed by atoms with Gasteiger partial charge in [-0.25, -0.2) is 9.97 Å². The minimum atomic E-state index is 0.0602. The van der Waals surface area contributed by atoms with Crippen LogP contribution in [0.2, 0.25) is 0 Å². The Kier molecular flexibility index (Phi) is 2.59. The van der Waals surface area contributed by atoms with Crippen molar-refractivity contribution in [3.8, 4) is 5.95 Å². The van der Waals surface area contributed by atoms with Gasteiger partial charge in [0, 0.05) is 17.8 Å². The lowest BCUT2D eigenvalue weighted by molar-refractivity contribution is 0.582. The van der Waals surface area contributed by atoms with Crippen molar-refractivity contribution in [2.24, 2.45) is 0 Å². The van der Waals surface area contributed by atoms with E-state index in [0.29, 0.717) is 5.95 Å². The summed E-state index contributed by atoms with van der Waals surface area (Å²) in [7, 11) is 0. The molecule has 0 saturated carbocycles. The normalized spacial score (nSPS) is 11.9. The minimum absolute atomic E-state index is 0.0602. The van der Waals surface area contributed by atoms with E-state index in [4.69, 9.17) is 0 Å². The Hall–Kier alpha value is -2.23. The highest BCUT2D eigenvalue weighted by Gasteiger charge is 2.15. The molecule has 3 rings (SSSR count). The number of fused-ring (bicyclic) bond motifs is 1. The summed E-state index contributed by atoms with van der Waals surface area (Å²) in [6.07, 6.45) is 5.58. The van der Waals surface area contributed by atoms with Gasteiger partial charge in [-0.2, -0.15) is 9.78 Å². The quantitative estimate of drug-likeness (QED) is 0.668. The van der Waals surface area contributed by atoms with Gasteiger partial charge in [-0.05, 0) is 17.0 Å². The van der Waals surface area contributed by atoms with Crippen molar-refractivity contribution in [3.05, 3.63) is 48.4 Å². The molecule has 19 heavy (non-hydrogen) atoms. The Morgan fingerprint density at radius 2 is 1.63 bits per heavy atom. The van der Waals surface area contributed by atoms with Gasteiger partial charge in [0.05, 0.1) is 11.7 Å². The maximum Gasteiger partial charge on any atom is 0.251 e. The smallest absolute Gasteiger partial charge is 0.219 e. The van der Waals surface area contributed by atoms with Gasteiger partial charge in [0.15, 0.2) is 0 Å². The van der Waals surface area contributed by atoms with Crippen molar-refractivity contribution in [1.29, 1.82) is 0 Å². The SMILES string of the molecule is CC(C)(C)c1cnc(-n2ncc3ccccc32)nc1. The molecule has 3 aromatic rings. The topological polar surface area (TPSA) is 43.6 Å². The molecule has 2 heterocycles. The fourth-order valence-corrected chi connectivity index (χ4v) is 1.95. The van der Waals surface area contributed by atoms with Gasteiger partial charge in [-0.15, -0.1) is 0 Å². The summed E-state index contributed by atoms with van der Waals surface area (Å²) in [5, 5.41) is 5.44. The van der Waals surface area contributed by atoms with Crippen molar-refractivity contribution >= 4 is 10.9 Å². The Labute approximate surface area is 112 Å². The lowest BCUT2D eigenvalue weighted by Crippen LogP contribution is -2.13. The standard InChI is InChI=1S/C15H16N4/c1-15(2,3)12-9-16-14(17-10-12)19-13-7-5-4-6-11(13)8-18-19/h4-10H,1-3H3. The number of aromatic nitrogens is 4. The third-order valence-electron chi connectivity index (χ3n) is 3.17. The van der Waals surface area contributed by atoms with Crippen LogP contribution in [0.1, 0.15) is 26.3 Å². The molecular weight excluding hydrogens is 236 g/mol. The van der Waals surface area contributed by atoms with E-state index in [9.17, 15) is 0 Å². The minimum Gasteiger partial charge on any atom is -0.219 e. The fourth-order valence-electron chi connectivity index (χ4n) is 1.95. The molecule has 0 radical (unpaired) electrons. The summed E-state index contributed by atoms with van der Waals surface area (Å²) in [6, 6.07) is 8.04. The summed E-state index contributed by atoms with van der Waals surface area (Å²) in [5.74, 6) is 0.606. The number of nitrogens with zero attached hydrogens (tertiary/aromatic N) is 4. The first-order chi connectivity index (χ1) is 9.05. The molecule has 0 N–H and O–H groups in total. The molecule has 4 nitrogen and oxygen atoms in total. The average Bonchev–Trinajstić information content (AvgIpc) is 2.82. The van der Waals surface area contributed by atoms with Crippen LogP contribution in [0.15, 0.2) is 42.9 Å². The van der Waals surface area contributed by atoms with E-state index < -0.39 is 0 Å². The van der Waals surface area contributed by atoms with Crippen molar-refractivity contribution in [1.82, 2.24) is 19.7 Å². The molecule has 0 aliphatic carbocycles. The molecule has 0 amide bonds. The average molecular weight is 252 g/mol. The largest absolute Gasteiger partial charge is 0.251 e. The molecular formula is C15H16N4. The molecule has 0 saturated heterocycles. The Morgan fingerprint density at radius 1 is 0.947 bits per heavy atom. The second kappa shape index (κ2) is 4.16. The van der Waals surface area contributed by atoms with Crippen molar-refractivity contribution in [2.45, 2.75) is 26.2 Å². The number of hydrogen-bond donors (Lipinski definition) is 0. The van der Waals surface area contributed by atoms with Gasteiger partial charge < -0.3 is 0 Å². The van der Waals surface area contributed by atoms with E-state index in [2.05, 4.69) is 35.8 Å². The monoisotopic (exact) mass is 252 g/mol. The van der Waals surface area contributed by atoms with Gasteiger partial charge in [0.2, 0.25) is 0 Å². The highest BCUT2D eigenvalue weighted by Crippen LogP contribution is 2.21. The molecule has 1 aromatic carbocycles. The van der Waals surface area contributed by atoms with Gasteiger partial charge in [-0.3, -0.25) is 0 Å². The summed E-state index contributed by atoms with van der Waals surface area (Å²) in [5.41, 5.74) is 2.20. The van der Waals surface area contributed by atoms with Crippen LogP contribution in [0, 0.1) is 0 Å². The number of benzene rings is 1. The maximum absolute atomic E-state index is 4.43. The number of hydrogen-bond acceptors (Lipinski definition) is 3. The molecule has 0 unspecified atom stereocenters. The molecule has 0 atom stereocenters. The molecule has 2 aromatic heterocycles. The van der Waals surface area contributed by atoms with Crippen LogP contribution in [0.3, 0.4) is 0 Å². The second-order valence-corrected chi connectivity index (χ2v) is 5.64. The zero-order valence-corrected chi connectivity index (χ0v) is 11.3. The van der Waals surface area contributed by atoms with Gasteiger partial charge in [-0.1, -0.05) is 39.0 Å². The van der Waals surface area contributed by atoms with Crippen LogP contribution in [0.4, 0.5) is 0 Å². The second-order valence-electron chi connectivity index (χ2n) is 5.64. The predicted molar refractivity (Wildman–Crippen MR) is 75.4 cm³/mol. The highest BCUT2D eigenvalue weighted by atomic mass is 15.3. The van der Waals surface area contributed by atoms with Crippen molar-refractivity contribution in [2.75, 3.05) is 0 Å². The zero-order valence-electron chi connectivity index (χ0n) is 11.3. The first-order valence-corrected chi connectivity index (χ1v) is 6.31. The summed E-state index contributed by atoms with van der Waals surface area (Å²) in [4.78, 5) is 8.85. The van der Waals surface area contributed by atoms with E-state index in [1.807, 2.05) is 42.9 Å². The summed E-state index contributed by atoms with van der Waals surface area (Å²) in [6.45, 7) is 6.44. The van der Waals surface area contributed by atoms with Gasteiger partial charge in [0.1, 0.15) is 0 Å². The van der Waals surface area contributed by atoms with Crippen molar-refractivity contribution in [3.63, 3.8) is 0 Å². The van der Waals surface area contributed by atoms with Crippen LogP contribution in [-0.2, 0) is 5.41 Å². The van der Waals surface area contributed by atoms with E-state index in [1.165, 1.54) is 0 Å². The summed E-state index contributed by atoms with van der Waals surface area (Å²) < 4.78 is 1.77. The van der Waals surface area contributed by atoms with Crippen LogP contribution >= 0.6 is 0 Å². The summed E-state index contributed by atoms with van der Waals surface area (Å²) >= 11 is 0. The predicted octanol–water partition coefficient (Wildman–Crippen LogP) is 3.11. The molecule has 4 heteroatoms. The lowest BCUT2D eigenvalue weighted by atomic mass is 9.89. The first kappa shape index (κ1) is 11.8. The third kappa shape index (κ3) is 2.10. The molecule has 0 aliphatic rings. The van der Waals surface area contributed by atoms with Crippen LogP contribution in [0.5, 0.6) is 0 Å². The highest BCUT2D eigenvalue weighted by molar-refractivity contribution is 5.79. The van der Waals surface area contributed by atoms with Crippen LogP contribution < -0.4 is 0 Å². The fraction of sp³-hybridized carbons (Fsp3) is 0.267. The van der Waals surface area contributed by atoms with Crippen molar-refractivity contribution < 1.29 is 0 Å². The van der Waals surface area contributed by atoms with E-state index in [-0.39, 0.29) is 5.41 Å². The zero-order chi connectivity index (χ0) is 13.5. The Morgan fingerprint density at radius 3 is 2.32 bits per heavy atom. The van der Waals surface area contributed by atoms with E-state index >= 15 is 0 Å². The van der Waals surface area contributed by atoms with Gasteiger partial charge >= 0.3 is 0 Å². The first-order valence-electron chi connectivity index (χ1n) is 6.31.